The Kier molecular flexibility index (Phi) is 3.59. The monoisotopic (exact) mass is 295 g/mol. The van der Waals surface area contributed by atoms with Crippen LogP contribution in [0.25, 0.3) is 10.9 Å². The van der Waals surface area contributed by atoms with Gasteiger partial charge < -0.3 is 4.74 Å². The van der Waals surface area contributed by atoms with Crippen LogP contribution >= 0.6 is 0 Å². The van der Waals surface area contributed by atoms with Crippen molar-refractivity contribution < 1.29 is 13.9 Å². The summed E-state index contributed by atoms with van der Waals surface area (Å²) in [5.74, 6) is -0.664. The molecule has 1 heterocycles. The predicted octanol–water partition coefficient (Wildman–Crippen LogP) is 4.21. The lowest BCUT2D eigenvalue weighted by atomic mass is 10.1. The van der Waals surface area contributed by atoms with Crippen LogP contribution in [0.5, 0.6) is 5.75 Å². The van der Waals surface area contributed by atoms with Crippen molar-refractivity contribution in [3.8, 4) is 5.75 Å². The molecular formula is C18H14FNO2. The fraction of sp³-hybridized carbons (Fsp3) is 0.111. The Hall–Kier alpha value is -2.75. The Bertz CT molecular complexity index is 874. The van der Waals surface area contributed by atoms with E-state index in [0.29, 0.717) is 16.8 Å². The molecule has 0 aliphatic heterocycles. The third-order valence-electron chi connectivity index (χ3n) is 3.43. The third-order valence-corrected chi connectivity index (χ3v) is 3.43. The zero-order chi connectivity index (χ0) is 15.7. The van der Waals surface area contributed by atoms with Crippen LogP contribution in [0.4, 0.5) is 4.39 Å². The van der Waals surface area contributed by atoms with Crippen LogP contribution in [0, 0.1) is 19.7 Å². The van der Waals surface area contributed by atoms with E-state index in [2.05, 4.69) is 4.98 Å². The highest BCUT2D eigenvalue weighted by Crippen LogP contribution is 2.25. The summed E-state index contributed by atoms with van der Waals surface area (Å²) in [5, 5.41) is 0.881. The molecule has 0 unspecified atom stereocenters. The summed E-state index contributed by atoms with van der Waals surface area (Å²) in [6.45, 7) is 3.51. The van der Waals surface area contributed by atoms with Gasteiger partial charge in [-0.25, -0.2) is 14.2 Å². The number of aromatic nitrogens is 1. The van der Waals surface area contributed by atoms with Crippen molar-refractivity contribution in [1.29, 1.82) is 0 Å². The van der Waals surface area contributed by atoms with Gasteiger partial charge in [-0.3, -0.25) is 0 Å². The minimum atomic E-state index is -0.602. The van der Waals surface area contributed by atoms with Crippen molar-refractivity contribution in [1.82, 2.24) is 4.98 Å². The number of fused-ring (bicyclic) bond motifs is 1. The Morgan fingerprint density at radius 3 is 2.68 bits per heavy atom. The number of benzene rings is 2. The number of ether oxygens (including phenoxy) is 1. The number of carbonyl (C=O) groups excluding carboxylic acids is 1. The molecule has 2 aromatic carbocycles. The van der Waals surface area contributed by atoms with Gasteiger partial charge in [-0.2, -0.15) is 0 Å². The average molecular weight is 295 g/mol. The molecule has 3 aromatic rings. The van der Waals surface area contributed by atoms with Crippen molar-refractivity contribution in [2.24, 2.45) is 0 Å². The first-order valence-electron chi connectivity index (χ1n) is 6.89. The molecule has 1 aromatic heterocycles. The van der Waals surface area contributed by atoms with E-state index in [4.69, 9.17) is 4.74 Å². The summed E-state index contributed by atoms with van der Waals surface area (Å²) >= 11 is 0. The van der Waals surface area contributed by atoms with Gasteiger partial charge in [0.05, 0.1) is 5.56 Å². The van der Waals surface area contributed by atoms with Gasteiger partial charge in [0, 0.05) is 11.1 Å². The molecule has 110 valence electrons. The Balaban J connectivity index is 1.97. The quantitative estimate of drug-likeness (QED) is 0.525. The van der Waals surface area contributed by atoms with Gasteiger partial charge in [0.2, 0.25) is 0 Å². The molecule has 0 amide bonds. The maximum Gasteiger partial charge on any atom is 0.343 e. The van der Waals surface area contributed by atoms with Gasteiger partial charge in [-0.15, -0.1) is 0 Å². The number of hydrogen-bond donors (Lipinski definition) is 0. The largest absolute Gasteiger partial charge is 0.421 e. The summed E-state index contributed by atoms with van der Waals surface area (Å²) in [5.41, 5.74) is 2.10. The number of aryl methyl sites for hydroxylation is 2. The van der Waals surface area contributed by atoms with Crippen LogP contribution in [0.2, 0.25) is 0 Å². The lowest BCUT2D eigenvalue weighted by Gasteiger charge is -2.08. The summed E-state index contributed by atoms with van der Waals surface area (Å²) in [6.07, 6.45) is 0. The summed E-state index contributed by atoms with van der Waals surface area (Å²) in [6, 6.07) is 13.5. The Labute approximate surface area is 127 Å². The molecular weight excluding hydrogens is 281 g/mol. The number of hydrogen-bond acceptors (Lipinski definition) is 3. The summed E-state index contributed by atoms with van der Waals surface area (Å²) < 4.78 is 19.0. The molecule has 0 fully saturated rings. The van der Waals surface area contributed by atoms with Crippen LogP contribution in [0.3, 0.4) is 0 Å². The first-order valence-corrected chi connectivity index (χ1v) is 6.89. The zero-order valence-electron chi connectivity index (χ0n) is 12.3. The average Bonchev–Trinajstić information content (AvgIpc) is 2.50. The van der Waals surface area contributed by atoms with E-state index in [1.807, 2.05) is 25.1 Å². The highest BCUT2D eigenvalue weighted by molar-refractivity contribution is 5.94. The second kappa shape index (κ2) is 5.56. The van der Waals surface area contributed by atoms with E-state index in [0.717, 1.165) is 11.1 Å². The van der Waals surface area contributed by atoms with Gasteiger partial charge in [0.1, 0.15) is 11.3 Å². The second-order valence-electron chi connectivity index (χ2n) is 5.13. The topological polar surface area (TPSA) is 39.2 Å². The lowest BCUT2D eigenvalue weighted by molar-refractivity contribution is 0.0736. The summed E-state index contributed by atoms with van der Waals surface area (Å²) in [7, 11) is 0. The zero-order valence-corrected chi connectivity index (χ0v) is 12.3. The molecule has 0 saturated heterocycles. The number of carbonyl (C=O) groups is 1. The molecule has 3 rings (SSSR count). The van der Waals surface area contributed by atoms with Crippen LogP contribution < -0.4 is 4.74 Å². The summed E-state index contributed by atoms with van der Waals surface area (Å²) in [4.78, 5) is 16.6. The normalized spacial score (nSPS) is 10.7. The van der Waals surface area contributed by atoms with E-state index in [-0.39, 0.29) is 5.56 Å². The van der Waals surface area contributed by atoms with Crippen LogP contribution in [-0.2, 0) is 0 Å². The van der Waals surface area contributed by atoms with E-state index in [1.165, 1.54) is 6.07 Å². The molecule has 0 aliphatic carbocycles. The van der Waals surface area contributed by atoms with Crippen LogP contribution in [-0.4, -0.2) is 11.0 Å². The fourth-order valence-electron chi connectivity index (χ4n) is 2.18. The van der Waals surface area contributed by atoms with E-state index < -0.39 is 11.8 Å². The van der Waals surface area contributed by atoms with E-state index >= 15 is 0 Å². The van der Waals surface area contributed by atoms with Crippen molar-refractivity contribution >= 4 is 16.9 Å². The maximum absolute atomic E-state index is 13.6. The smallest absolute Gasteiger partial charge is 0.343 e. The maximum atomic E-state index is 13.6. The molecule has 4 heteroatoms. The predicted molar refractivity (Wildman–Crippen MR) is 82.6 cm³/mol. The van der Waals surface area contributed by atoms with Crippen LogP contribution in [0.1, 0.15) is 21.6 Å². The molecule has 0 aliphatic rings. The Morgan fingerprint density at radius 2 is 1.91 bits per heavy atom. The SMILES string of the molecule is Cc1ccc2cccc(OC(=O)c3ccc(C)c(F)c3)c2n1. The number of halogens is 1. The van der Waals surface area contributed by atoms with Crippen molar-refractivity contribution in [2.45, 2.75) is 13.8 Å². The van der Waals surface area contributed by atoms with Crippen molar-refractivity contribution in [2.75, 3.05) is 0 Å². The minimum Gasteiger partial charge on any atom is -0.421 e. The first-order chi connectivity index (χ1) is 10.5. The second-order valence-corrected chi connectivity index (χ2v) is 5.13. The van der Waals surface area contributed by atoms with Crippen LogP contribution in [0.15, 0.2) is 48.5 Å². The van der Waals surface area contributed by atoms with Crippen molar-refractivity contribution in [3.63, 3.8) is 0 Å². The first kappa shape index (κ1) is 14.2. The molecule has 0 spiro atoms. The molecule has 0 saturated carbocycles. The van der Waals surface area contributed by atoms with Crippen molar-refractivity contribution in [3.05, 3.63) is 71.2 Å². The molecule has 0 radical (unpaired) electrons. The number of esters is 1. The highest BCUT2D eigenvalue weighted by atomic mass is 19.1. The number of para-hydroxylation sites is 1. The highest BCUT2D eigenvalue weighted by Gasteiger charge is 2.13. The molecule has 0 atom stereocenters. The lowest BCUT2D eigenvalue weighted by Crippen LogP contribution is -2.09. The number of rotatable bonds is 2. The van der Waals surface area contributed by atoms with Gasteiger partial charge >= 0.3 is 5.97 Å². The fourth-order valence-corrected chi connectivity index (χ4v) is 2.18. The molecule has 0 N–H and O–H groups in total. The van der Waals surface area contributed by atoms with E-state index in [1.54, 1.807) is 31.2 Å². The van der Waals surface area contributed by atoms with Gasteiger partial charge in [-0.1, -0.05) is 24.3 Å². The third kappa shape index (κ3) is 2.68. The standard InChI is InChI=1S/C18H14FNO2/c1-11-6-8-14(10-15(11)19)18(21)22-16-5-3-4-13-9-7-12(2)20-17(13)16/h3-10H,1-2H3. The minimum absolute atomic E-state index is 0.174. The van der Waals surface area contributed by atoms with Gasteiger partial charge in [0.25, 0.3) is 0 Å². The molecule has 3 nitrogen and oxygen atoms in total. The number of pyridine rings is 1. The molecule has 22 heavy (non-hydrogen) atoms. The van der Waals surface area contributed by atoms with Gasteiger partial charge in [0.15, 0.2) is 5.75 Å². The molecule has 0 bridgehead atoms. The Morgan fingerprint density at radius 1 is 1.09 bits per heavy atom. The number of nitrogens with zero attached hydrogens (tertiary/aromatic N) is 1. The van der Waals surface area contributed by atoms with Gasteiger partial charge in [-0.05, 0) is 43.7 Å². The van der Waals surface area contributed by atoms with E-state index in [9.17, 15) is 9.18 Å².